The van der Waals surface area contributed by atoms with Crippen LogP contribution in [0.3, 0.4) is 0 Å². The maximum Gasteiger partial charge on any atom is 0.255 e. The quantitative estimate of drug-likeness (QED) is 0.815. The summed E-state index contributed by atoms with van der Waals surface area (Å²) in [7, 11) is 1.47. The molecule has 6 heteroatoms. The molecule has 1 amide bonds. The lowest BCUT2D eigenvalue weighted by Crippen LogP contribution is -2.13. The third kappa shape index (κ3) is 4.61. The molecule has 0 heterocycles. The van der Waals surface area contributed by atoms with Gasteiger partial charge in [0.05, 0.1) is 18.7 Å². The van der Waals surface area contributed by atoms with Gasteiger partial charge >= 0.3 is 0 Å². The number of ether oxygens (including phenoxy) is 2. The molecule has 2 aromatic rings. The molecule has 0 unspecified atom stereocenters. The Labute approximate surface area is 145 Å². The van der Waals surface area contributed by atoms with E-state index < -0.39 is 11.7 Å². The molecule has 0 aliphatic rings. The first-order chi connectivity index (χ1) is 11.4. The van der Waals surface area contributed by atoms with Crippen molar-refractivity contribution >= 4 is 23.2 Å². The minimum Gasteiger partial charge on any atom is -0.493 e. The molecule has 0 aliphatic heterocycles. The molecule has 0 radical (unpaired) electrons. The van der Waals surface area contributed by atoms with Crippen LogP contribution in [0.25, 0.3) is 0 Å². The zero-order chi connectivity index (χ0) is 17.7. The van der Waals surface area contributed by atoms with Crippen molar-refractivity contribution in [3.8, 4) is 11.5 Å². The van der Waals surface area contributed by atoms with Gasteiger partial charge in [-0.25, -0.2) is 4.39 Å². The van der Waals surface area contributed by atoms with Gasteiger partial charge in [0, 0.05) is 11.3 Å². The number of halogens is 2. The summed E-state index contributed by atoms with van der Waals surface area (Å²) in [5.74, 6) is 0.237. The largest absolute Gasteiger partial charge is 0.493 e. The fourth-order valence-electron chi connectivity index (χ4n) is 2.01. The van der Waals surface area contributed by atoms with Crippen LogP contribution in [-0.2, 0) is 0 Å². The molecule has 0 fully saturated rings. The number of nitrogens with one attached hydrogen (secondary N) is 1. The van der Waals surface area contributed by atoms with Crippen molar-refractivity contribution in [1.29, 1.82) is 0 Å². The molecule has 0 atom stereocenters. The normalized spacial score (nSPS) is 10.6. The van der Waals surface area contributed by atoms with Crippen molar-refractivity contribution < 1.29 is 18.7 Å². The number of hydrogen-bond donors (Lipinski definition) is 1. The van der Waals surface area contributed by atoms with Gasteiger partial charge in [0.1, 0.15) is 5.82 Å². The van der Waals surface area contributed by atoms with E-state index in [4.69, 9.17) is 21.1 Å². The lowest BCUT2D eigenvalue weighted by Gasteiger charge is -2.15. The Morgan fingerprint density at radius 3 is 2.67 bits per heavy atom. The second-order valence-corrected chi connectivity index (χ2v) is 6.07. The fourth-order valence-corrected chi connectivity index (χ4v) is 2.28. The second kappa shape index (κ2) is 8.02. The summed E-state index contributed by atoms with van der Waals surface area (Å²) >= 11 is 6.22. The maximum absolute atomic E-state index is 13.2. The van der Waals surface area contributed by atoms with Crippen LogP contribution < -0.4 is 14.8 Å². The van der Waals surface area contributed by atoms with Gasteiger partial charge in [-0.1, -0.05) is 31.5 Å². The van der Waals surface area contributed by atoms with E-state index in [2.05, 4.69) is 5.32 Å². The van der Waals surface area contributed by atoms with E-state index in [1.165, 1.54) is 37.4 Å². The van der Waals surface area contributed by atoms with E-state index in [-0.39, 0.29) is 10.6 Å². The molecule has 0 aliphatic carbocycles. The van der Waals surface area contributed by atoms with Crippen LogP contribution in [0, 0.1) is 11.7 Å². The standard InChI is InChI=1S/C18H19ClFNO3/c1-11(2)10-24-17-15(19)7-12(8-16(17)23-3)18(22)21-14-6-4-5-13(20)9-14/h4-9,11H,10H2,1-3H3,(H,21,22). The van der Waals surface area contributed by atoms with Crippen LogP contribution in [0.5, 0.6) is 11.5 Å². The number of rotatable bonds is 6. The second-order valence-electron chi connectivity index (χ2n) is 5.66. The van der Waals surface area contributed by atoms with Crippen LogP contribution in [0.1, 0.15) is 24.2 Å². The van der Waals surface area contributed by atoms with Crippen molar-refractivity contribution in [2.45, 2.75) is 13.8 Å². The van der Waals surface area contributed by atoms with Crippen molar-refractivity contribution in [2.24, 2.45) is 5.92 Å². The number of amides is 1. The molecule has 2 aromatic carbocycles. The van der Waals surface area contributed by atoms with Gasteiger partial charge in [-0.3, -0.25) is 4.79 Å². The Bertz CT molecular complexity index is 734. The molecule has 128 valence electrons. The molecule has 0 saturated carbocycles. The Balaban J connectivity index is 2.24. The smallest absolute Gasteiger partial charge is 0.255 e. The van der Waals surface area contributed by atoms with Gasteiger partial charge < -0.3 is 14.8 Å². The molecule has 4 nitrogen and oxygen atoms in total. The van der Waals surface area contributed by atoms with Crippen LogP contribution in [0.15, 0.2) is 36.4 Å². The van der Waals surface area contributed by atoms with Crippen LogP contribution in [0.4, 0.5) is 10.1 Å². The van der Waals surface area contributed by atoms with Crippen molar-refractivity contribution in [2.75, 3.05) is 19.0 Å². The predicted octanol–water partition coefficient (Wildman–Crippen LogP) is 4.77. The summed E-state index contributed by atoms with van der Waals surface area (Å²) in [6.07, 6.45) is 0. The van der Waals surface area contributed by atoms with Gasteiger partial charge in [-0.05, 0) is 36.2 Å². The zero-order valence-electron chi connectivity index (χ0n) is 13.7. The van der Waals surface area contributed by atoms with E-state index in [9.17, 15) is 9.18 Å². The molecular weight excluding hydrogens is 333 g/mol. The van der Waals surface area contributed by atoms with Gasteiger partial charge in [0.2, 0.25) is 0 Å². The molecule has 24 heavy (non-hydrogen) atoms. The summed E-state index contributed by atoms with van der Waals surface area (Å²) in [5.41, 5.74) is 0.647. The molecular formula is C18H19ClFNO3. The summed E-state index contributed by atoms with van der Waals surface area (Å²) in [6.45, 7) is 4.51. The summed E-state index contributed by atoms with van der Waals surface area (Å²) < 4.78 is 24.1. The Hall–Kier alpha value is -2.27. The summed E-state index contributed by atoms with van der Waals surface area (Å²) in [4.78, 5) is 12.3. The average Bonchev–Trinajstić information content (AvgIpc) is 2.52. The average molecular weight is 352 g/mol. The monoisotopic (exact) mass is 351 g/mol. The van der Waals surface area contributed by atoms with Gasteiger partial charge in [0.15, 0.2) is 11.5 Å². The summed E-state index contributed by atoms with van der Waals surface area (Å²) in [5, 5.41) is 2.89. The topological polar surface area (TPSA) is 47.6 Å². The number of methoxy groups -OCH3 is 1. The number of carbonyl (C=O) groups excluding carboxylic acids is 1. The maximum atomic E-state index is 13.2. The minimum atomic E-state index is -0.430. The van der Waals surface area contributed by atoms with E-state index in [0.717, 1.165) is 0 Å². The molecule has 1 N–H and O–H groups in total. The highest BCUT2D eigenvalue weighted by Crippen LogP contribution is 2.36. The van der Waals surface area contributed by atoms with Crippen molar-refractivity contribution in [1.82, 2.24) is 0 Å². The lowest BCUT2D eigenvalue weighted by molar-refractivity contribution is 0.102. The number of carbonyl (C=O) groups is 1. The van der Waals surface area contributed by atoms with E-state index in [1.807, 2.05) is 13.8 Å². The Kier molecular flexibility index (Phi) is 6.04. The van der Waals surface area contributed by atoms with E-state index in [0.29, 0.717) is 29.7 Å². The predicted molar refractivity (Wildman–Crippen MR) is 92.7 cm³/mol. The molecule has 2 rings (SSSR count). The zero-order valence-corrected chi connectivity index (χ0v) is 14.5. The summed E-state index contributed by atoms with van der Waals surface area (Å²) in [6, 6.07) is 8.68. The highest BCUT2D eigenvalue weighted by Gasteiger charge is 2.16. The minimum absolute atomic E-state index is 0.277. The van der Waals surface area contributed by atoms with Crippen molar-refractivity contribution in [3.05, 3.63) is 52.8 Å². The third-order valence-electron chi connectivity index (χ3n) is 3.14. The Morgan fingerprint density at radius 2 is 2.04 bits per heavy atom. The van der Waals surface area contributed by atoms with Crippen molar-refractivity contribution in [3.63, 3.8) is 0 Å². The van der Waals surface area contributed by atoms with Gasteiger partial charge in [0.25, 0.3) is 5.91 Å². The van der Waals surface area contributed by atoms with Gasteiger partial charge in [-0.15, -0.1) is 0 Å². The SMILES string of the molecule is COc1cc(C(=O)Nc2cccc(F)c2)cc(Cl)c1OCC(C)C. The van der Waals surface area contributed by atoms with Gasteiger partial charge in [-0.2, -0.15) is 0 Å². The first-order valence-corrected chi connectivity index (χ1v) is 7.85. The van der Waals surface area contributed by atoms with E-state index in [1.54, 1.807) is 6.07 Å². The Morgan fingerprint density at radius 1 is 1.29 bits per heavy atom. The molecule has 0 saturated heterocycles. The van der Waals surface area contributed by atoms with Crippen LogP contribution in [-0.4, -0.2) is 19.6 Å². The lowest BCUT2D eigenvalue weighted by atomic mass is 10.1. The first-order valence-electron chi connectivity index (χ1n) is 7.48. The molecule has 0 bridgehead atoms. The molecule has 0 spiro atoms. The molecule has 0 aromatic heterocycles. The highest BCUT2D eigenvalue weighted by molar-refractivity contribution is 6.32. The first kappa shape index (κ1) is 18.1. The van der Waals surface area contributed by atoms with Crippen LogP contribution in [0.2, 0.25) is 5.02 Å². The fraction of sp³-hybridized carbons (Fsp3) is 0.278. The number of hydrogen-bond acceptors (Lipinski definition) is 3. The number of benzene rings is 2. The number of anilines is 1. The van der Waals surface area contributed by atoms with E-state index >= 15 is 0 Å². The van der Waals surface area contributed by atoms with Crippen LogP contribution >= 0.6 is 11.6 Å². The third-order valence-corrected chi connectivity index (χ3v) is 3.42. The highest BCUT2D eigenvalue weighted by atomic mass is 35.5.